The molecule has 0 radical (unpaired) electrons. The van der Waals surface area contributed by atoms with Gasteiger partial charge in [-0.25, -0.2) is 13.8 Å². The van der Waals surface area contributed by atoms with Crippen LogP contribution in [0, 0.1) is 11.6 Å². The van der Waals surface area contributed by atoms with Crippen LogP contribution in [0.4, 0.5) is 25.8 Å². The van der Waals surface area contributed by atoms with Gasteiger partial charge in [-0.15, -0.1) is 0 Å². The standard InChI is InChI=1S/C24H25F2N5O/c1-30-9-11-31(12-10-30)18-7-5-17(6-8-18)29-22-14-16(15-28-23(22)24(27)32)13-19-20(25)3-2-4-21(19)26/h2-8,14-15,29H,9-13H2,1H3,(H2,27,32). The molecule has 0 atom stereocenters. The van der Waals surface area contributed by atoms with Gasteiger partial charge in [0.05, 0.1) is 5.69 Å². The number of rotatable bonds is 6. The molecule has 0 saturated carbocycles. The number of piperazine rings is 1. The Balaban J connectivity index is 1.55. The van der Waals surface area contributed by atoms with E-state index in [0.29, 0.717) is 11.3 Å². The van der Waals surface area contributed by atoms with Crippen LogP contribution in [0.15, 0.2) is 54.7 Å². The van der Waals surface area contributed by atoms with Crippen LogP contribution in [0.5, 0.6) is 0 Å². The van der Waals surface area contributed by atoms with Crippen molar-refractivity contribution in [2.24, 2.45) is 5.73 Å². The van der Waals surface area contributed by atoms with Crippen LogP contribution in [-0.2, 0) is 6.42 Å². The van der Waals surface area contributed by atoms with Gasteiger partial charge >= 0.3 is 0 Å². The van der Waals surface area contributed by atoms with Crippen molar-refractivity contribution in [3.63, 3.8) is 0 Å². The summed E-state index contributed by atoms with van der Waals surface area (Å²) in [5.41, 5.74) is 8.31. The van der Waals surface area contributed by atoms with Crippen LogP contribution in [-0.4, -0.2) is 49.0 Å². The largest absolute Gasteiger partial charge is 0.369 e. The number of pyridine rings is 1. The van der Waals surface area contributed by atoms with E-state index in [2.05, 4.69) is 27.1 Å². The second-order valence-corrected chi connectivity index (χ2v) is 7.94. The summed E-state index contributed by atoms with van der Waals surface area (Å²) in [7, 11) is 2.11. The predicted octanol–water partition coefficient (Wildman–Crippen LogP) is 3.54. The molecular formula is C24H25F2N5O. The normalized spacial score (nSPS) is 14.4. The molecule has 0 spiro atoms. The Bertz CT molecular complexity index is 1090. The smallest absolute Gasteiger partial charge is 0.269 e. The molecule has 1 saturated heterocycles. The van der Waals surface area contributed by atoms with Gasteiger partial charge in [0.25, 0.3) is 5.91 Å². The number of amides is 1. The number of carbonyl (C=O) groups is 1. The van der Waals surface area contributed by atoms with Crippen molar-refractivity contribution in [1.82, 2.24) is 9.88 Å². The molecule has 6 nitrogen and oxygen atoms in total. The zero-order chi connectivity index (χ0) is 22.7. The first-order valence-electron chi connectivity index (χ1n) is 10.4. The van der Waals surface area contributed by atoms with E-state index in [0.717, 1.165) is 37.6 Å². The van der Waals surface area contributed by atoms with Crippen LogP contribution in [0.25, 0.3) is 0 Å². The Morgan fingerprint density at radius 3 is 2.34 bits per heavy atom. The van der Waals surface area contributed by atoms with Gasteiger partial charge in [0, 0.05) is 55.7 Å². The van der Waals surface area contributed by atoms with E-state index in [1.165, 1.54) is 24.4 Å². The van der Waals surface area contributed by atoms with E-state index in [9.17, 15) is 13.6 Å². The number of carbonyl (C=O) groups excluding carboxylic acids is 1. The molecule has 32 heavy (non-hydrogen) atoms. The summed E-state index contributed by atoms with van der Waals surface area (Å²) in [6.45, 7) is 3.97. The number of primary amides is 1. The predicted molar refractivity (Wildman–Crippen MR) is 121 cm³/mol. The summed E-state index contributed by atoms with van der Waals surface area (Å²) >= 11 is 0. The molecule has 2 aromatic carbocycles. The number of hydrogen-bond acceptors (Lipinski definition) is 5. The molecule has 8 heteroatoms. The molecule has 3 aromatic rings. The van der Waals surface area contributed by atoms with Gasteiger partial charge in [-0.3, -0.25) is 4.79 Å². The van der Waals surface area contributed by atoms with Gasteiger partial charge in [-0.05, 0) is 55.1 Å². The average molecular weight is 437 g/mol. The second kappa shape index (κ2) is 9.32. The average Bonchev–Trinajstić information content (AvgIpc) is 2.77. The van der Waals surface area contributed by atoms with E-state index >= 15 is 0 Å². The molecular weight excluding hydrogens is 412 g/mol. The Hall–Kier alpha value is -3.52. The van der Waals surface area contributed by atoms with Gasteiger partial charge in [-0.2, -0.15) is 0 Å². The number of hydrogen-bond donors (Lipinski definition) is 2. The Morgan fingerprint density at radius 1 is 1.06 bits per heavy atom. The fraction of sp³-hybridized carbons (Fsp3) is 0.250. The van der Waals surface area contributed by atoms with E-state index in [-0.39, 0.29) is 17.7 Å². The number of anilines is 3. The number of aromatic nitrogens is 1. The Kier molecular flexibility index (Phi) is 6.32. The number of nitrogens with two attached hydrogens (primary N) is 1. The van der Waals surface area contributed by atoms with Crippen molar-refractivity contribution >= 4 is 23.0 Å². The van der Waals surface area contributed by atoms with E-state index in [1.807, 2.05) is 24.3 Å². The van der Waals surface area contributed by atoms with Gasteiger partial charge in [0.2, 0.25) is 0 Å². The minimum absolute atomic E-state index is 0.00156. The van der Waals surface area contributed by atoms with Crippen LogP contribution in [0.1, 0.15) is 21.6 Å². The van der Waals surface area contributed by atoms with E-state index in [4.69, 9.17) is 5.73 Å². The number of halogens is 2. The summed E-state index contributed by atoms with van der Waals surface area (Å²) in [5.74, 6) is -1.94. The van der Waals surface area contributed by atoms with Crippen molar-refractivity contribution in [2.75, 3.05) is 43.4 Å². The highest BCUT2D eigenvalue weighted by Gasteiger charge is 2.16. The van der Waals surface area contributed by atoms with E-state index < -0.39 is 17.5 Å². The first-order valence-corrected chi connectivity index (χ1v) is 10.4. The Labute approximate surface area is 185 Å². The number of benzene rings is 2. The fourth-order valence-electron chi connectivity index (χ4n) is 3.78. The maximum absolute atomic E-state index is 14.0. The summed E-state index contributed by atoms with van der Waals surface area (Å²) in [6.07, 6.45) is 1.41. The fourth-order valence-corrected chi connectivity index (χ4v) is 3.78. The molecule has 1 aliphatic heterocycles. The third-order valence-corrected chi connectivity index (χ3v) is 5.64. The highest BCUT2D eigenvalue weighted by atomic mass is 19.1. The first kappa shape index (κ1) is 21.7. The van der Waals surface area contributed by atoms with Crippen molar-refractivity contribution in [1.29, 1.82) is 0 Å². The molecule has 2 heterocycles. The lowest BCUT2D eigenvalue weighted by molar-refractivity contribution is 0.0996. The molecule has 3 N–H and O–H groups in total. The molecule has 4 rings (SSSR count). The third-order valence-electron chi connectivity index (χ3n) is 5.64. The number of nitrogens with one attached hydrogen (secondary N) is 1. The second-order valence-electron chi connectivity index (χ2n) is 7.94. The minimum atomic E-state index is -0.690. The molecule has 0 bridgehead atoms. The summed E-state index contributed by atoms with van der Waals surface area (Å²) in [4.78, 5) is 20.6. The molecule has 1 aromatic heterocycles. The molecule has 1 aliphatic rings. The highest BCUT2D eigenvalue weighted by molar-refractivity contribution is 5.97. The summed E-state index contributed by atoms with van der Waals surface area (Å²) < 4.78 is 28.1. The zero-order valence-corrected chi connectivity index (χ0v) is 17.8. The van der Waals surface area contributed by atoms with Crippen molar-refractivity contribution in [2.45, 2.75) is 6.42 Å². The number of nitrogens with zero attached hydrogens (tertiary/aromatic N) is 3. The maximum atomic E-state index is 14.0. The molecule has 166 valence electrons. The highest BCUT2D eigenvalue weighted by Crippen LogP contribution is 2.26. The van der Waals surface area contributed by atoms with Crippen LogP contribution < -0.4 is 16.0 Å². The quantitative estimate of drug-likeness (QED) is 0.617. The molecule has 1 amide bonds. The van der Waals surface area contributed by atoms with Crippen LogP contribution >= 0.6 is 0 Å². The summed E-state index contributed by atoms with van der Waals surface area (Å²) in [6, 6.07) is 13.3. The van der Waals surface area contributed by atoms with Gasteiger partial charge < -0.3 is 20.9 Å². The minimum Gasteiger partial charge on any atom is -0.369 e. The van der Waals surface area contributed by atoms with Crippen LogP contribution in [0.2, 0.25) is 0 Å². The Morgan fingerprint density at radius 2 is 1.72 bits per heavy atom. The van der Waals surface area contributed by atoms with Crippen molar-refractivity contribution < 1.29 is 13.6 Å². The lowest BCUT2D eigenvalue weighted by atomic mass is 10.0. The monoisotopic (exact) mass is 437 g/mol. The number of likely N-dealkylation sites (N-methyl/N-ethyl adjacent to an activating group) is 1. The first-order chi connectivity index (χ1) is 15.4. The zero-order valence-electron chi connectivity index (χ0n) is 17.8. The SMILES string of the molecule is CN1CCN(c2ccc(Nc3cc(Cc4c(F)cccc4F)cnc3C(N)=O)cc2)CC1. The van der Waals surface area contributed by atoms with Gasteiger partial charge in [0.15, 0.2) is 5.69 Å². The lowest BCUT2D eigenvalue weighted by Gasteiger charge is -2.34. The van der Waals surface area contributed by atoms with Gasteiger partial charge in [-0.1, -0.05) is 6.07 Å². The topological polar surface area (TPSA) is 74.5 Å². The lowest BCUT2D eigenvalue weighted by Crippen LogP contribution is -2.44. The van der Waals surface area contributed by atoms with E-state index in [1.54, 1.807) is 6.07 Å². The molecule has 1 fully saturated rings. The molecule has 0 aliphatic carbocycles. The van der Waals surface area contributed by atoms with Crippen LogP contribution in [0.3, 0.4) is 0 Å². The van der Waals surface area contributed by atoms with Gasteiger partial charge in [0.1, 0.15) is 11.6 Å². The third kappa shape index (κ3) is 4.86. The summed E-state index contributed by atoms with van der Waals surface area (Å²) in [5, 5.41) is 3.17. The maximum Gasteiger partial charge on any atom is 0.269 e. The van der Waals surface area contributed by atoms with Crippen molar-refractivity contribution in [3.05, 3.63) is 83.2 Å². The van der Waals surface area contributed by atoms with Crippen molar-refractivity contribution in [3.8, 4) is 0 Å². The molecule has 0 unspecified atom stereocenters.